The van der Waals surface area contributed by atoms with Gasteiger partial charge in [0.1, 0.15) is 5.69 Å². The molecule has 0 aliphatic carbocycles. The van der Waals surface area contributed by atoms with Crippen LogP contribution in [0.2, 0.25) is 0 Å². The number of ether oxygens (including phenoxy) is 1. The minimum Gasteiger partial charge on any atom is -0.491 e. The fourth-order valence-corrected chi connectivity index (χ4v) is 2.31. The molecule has 2 heterocycles. The number of hydrogen-bond donors (Lipinski definition) is 2. The zero-order valence-corrected chi connectivity index (χ0v) is 12.2. The highest BCUT2D eigenvalue weighted by atomic mass is 16.5. The molecule has 3 rings (SSSR count). The molecule has 1 amide bonds. The molecule has 3 aromatic rings. The highest BCUT2D eigenvalue weighted by molar-refractivity contribution is 6.03. The second-order valence-corrected chi connectivity index (χ2v) is 4.93. The molecule has 0 aliphatic heterocycles. The van der Waals surface area contributed by atoms with Crippen LogP contribution in [0.25, 0.3) is 10.9 Å². The number of nitrogens with one attached hydrogen (secondary N) is 2. The lowest BCUT2D eigenvalue weighted by Crippen LogP contribution is -2.17. The highest BCUT2D eigenvalue weighted by Crippen LogP contribution is 2.20. The maximum Gasteiger partial charge on any atom is 0.272 e. The number of hydrogen-bond acceptors (Lipinski definition) is 3. The fraction of sp³-hybridized carbons (Fsp3) is 0.125. The van der Waals surface area contributed by atoms with E-state index in [0.717, 1.165) is 10.9 Å². The molecule has 0 bridgehead atoms. The van der Waals surface area contributed by atoms with Crippen LogP contribution in [0, 0.1) is 0 Å². The third-order valence-corrected chi connectivity index (χ3v) is 3.48. The summed E-state index contributed by atoms with van der Waals surface area (Å²) in [4.78, 5) is 26.6. The van der Waals surface area contributed by atoms with Gasteiger partial charge in [0, 0.05) is 42.1 Å². The number of methoxy groups -OCH3 is 1. The number of rotatable bonds is 3. The van der Waals surface area contributed by atoms with Gasteiger partial charge in [-0.25, -0.2) is 0 Å². The summed E-state index contributed by atoms with van der Waals surface area (Å²) < 4.78 is 6.87. The van der Waals surface area contributed by atoms with Gasteiger partial charge < -0.3 is 19.6 Å². The Hall–Kier alpha value is -3.02. The van der Waals surface area contributed by atoms with Crippen LogP contribution < -0.4 is 15.5 Å². The van der Waals surface area contributed by atoms with Gasteiger partial charge in [0.25, 0.3) is 5.91 Å². The number of aromatic nitrogens is 2. The highest BCUT2D eigenvalue weighted by Gasteiger charge is 2.10. The van der Waals surface area contributed by atoms with Crippen molar-refractivity contribution in [3.8, 4) is 5.75 Å². The van der Waals surface area contributed by atoms with Gasteiger partial charge in [-0.3, -0.25) is 9.59 Å². The Kier molecular flexibility index (Phi) is 3.42. The number of carbonyl (C=O) groups excluding carboxylic acids is 1. The van der Waals surface area contributed by atoms with E-state index in [1.165, 1.54) is 19.4 Å². The Labute approximate surface area is 126 Å². The maximum absolute atomic E-state index is 12.2. The fourth-order valence-electron chi connectivity index (χ4n) is 2.31. The van der Waals surface area contributed by atoms with Crippen LogP contribution in [0.5, 0.6) is 5.75 Å². The van der Waals surface area contributed by atoms with E-state index in [1.54, 1.807) is 0 Å². The number of anilines is 1. The van der Waals surface area contributed by atoms with Crippen molar-refractivity contribution in [3.05, 3.63) is 58.6 Å². The van der Waals surface area contributed by atoms with Gasteiger partial charge in [-0.05, 0) is 24.3 Å². The first-order chi connectivity index (χ1) is 10.6. The smallest absolute Gasteiger partial charge is 0.272 e. The van der Waals surface area contributed by atoms with E-state index in [9.17, 15) is 9.59 Å². The molecule has 0 atom stereocenters. The van der Waals surface area contributed by atoms with Gasteiger partial charge in [0.15, 0.2) is 5.75 Å². The molecule has 6 heteroatoms. The Morgan fingerprint density at radius 2 is 2.09 bits per heavy atom. The third kappa shape index (κ3) is 2.46. The summed E-state index contributed by atoms with van der Waals surface area (Å²) in [6.07, 6.45) is 3.33. The quantitative estimate of drug-likeness (QED) is 0.777. The van der Waals surface area contributed by atoms with Gasteiger partial charge in [0.05, 0.1) is 7.11 Å². The van der Waals surface area contributed by atoms with Crippen LogP contribution >= 0.6 is 0 Å². The molecule has 2 N–H and O–H groups in total. The number of carbonyl (C=O) groups is 1. The van der Waals surface area contributed by atoms with Gasteiger partial charge in [-0.1, -0.05) is 0 Å². The lowest BCUT2D eigenvalue weighted by Gasteiger charge is -2.06. The largest absolute Gasteiger partial charge is 0.491 e. The SMILES string of the molecule is COc1c[nH]c(C(=O)Nc2ccc3c(ccn3C)c2)cc1=O. The van der Waals surface area contributed by atoms with Crippen molar-refractivity contribution in [2.45, 2.75) is 0 Å². The predicted octanol–water partition coefficient (Wildman–Crippen LogP) is 2.13. The molecule has 1 aromatic carbocycles. The van der Waals surface area contributed by atoms with Crippen molar-refractivity contribution in [2.24, 2.45) is 7.05 Å². The van der Waals surface area contributed by atoms with Gasteiger partial charge >= 0.3 is 0 Å². The first-order valence-electron chi connectivity index (χ1n) is 6.71. The summed E-state index contributed by atoms with van der Waals surface area (Å²) in [6, 6.07) is 8.83. The first-order valence-corrected chi connectivity index (χ1v) is 6.71. The van der Waals surface area contributed by atoms with Crippen molar-refractivity contribution in [2.75, 3.05) is 12.4 Å². The number of benzene rings is 1. The summed E-state index contributed by atoms with van der Waals surface area (Å²) in [5.74, 6) is -0.211. The molecule has 0 saturated heterocycles. The maximum atomic E-state index is 12.2. The van der Waals surface area contributed by atoms with E-state index in [1.807, 2.05) is 42.1 Å². The van der Waals surface area contributed by atoms with E-state index < -0.39 is 0 Å². The number of nitrogens with zero attached hydrogens (tertiary/aromatic N) is 1. The number of H-pyrrole nitrogens is 1. The van der Waals surface area contributed by atoms with Crippen LogP contribution in [0.4, 0.5) is 5.69 Å². The molecule has 0 spiro atoms. The van der Waals surface area contributed by atoms with E-state index in [0.29, 0.717) is 5.69 Å². The number of amides is 1. The van der Waals surface area contributed by atoms with E-state index in [-0.39, 0.29) is 22.8 Å². The molecule has 6 nitrogen and oxygen atoms in total. The van der Waals surface area contributed by atoms with Crippen LogP contribution in [0.3, 0.4) is 0 Å². The molecule has 0 fully saturated rings. The second-order valence-electron chi connectivity index (χ2n) is 4.93. The monoisotopic (exact) mass is 297 g/mol. The third-order valence-electron chi connectivity index (χ3n) is 3.48. The summed E-state index contributed by atoms with van der Waals surface area (Å²) in [7, 11) is 3.36. The minimum atomic E-state index is -0.380. The Balaban J connectivity index is 1.86. The van der Waals surface area contributed by atoms with Crippen molar-refractivity contribution < 1.29 is 9.53 Å². The Bertz CT molecular complexity index is 908. The summed E-state index contributed by atoms with van der Waals surface area (Å²) >= 11 is 0. The standard InChI is InChI=1S/C16H15N3O3/c1-19-6-5-10-7-11(3-4-13(10)19)18-16(21)12-8-14(20)15(22-2)9-17-12/h3-9H,1-2H3,(H,17,20)(H,18,21). The zero-order chi connectivity index (χ0) is 15.7. The van der Waals surface area contributed by atoms with Crippen molar-refractivity contribution in [1.82, 2.24) is 9.55 Å². The molecule has 0 radical (unpaired) electrons. The van der Waals surface area contributed by atoms with E-state index >= 15 is 0 Å². The number of pyridine rings is 1. The van der Waals surface area contributed by atoms with Crippen molar-refractivity contribution in [1.29, 1.82) is 0 Å². The molecular formula is C16H15N3O3. The summed E-state index contributed by atoms with van der Waals surface area (Å²) in [5, 5.41) is 3.80. The van der Waals surface area contributed by atoms with Gasteiger partial charge in [-0.2, -0.15) is 0 Å². The second kappa shape index (κ2) is 5.40. The number of aromatic amines is 1. The van der Waals surface area contributed by atoms with Crippen LogP contribution in [-0.4, -0.2) is 22.6 Å². The van der Waals surface area contributed by atoms with Crippen molar-refractivity contribution >= 4 is 22.5 Å². The van der Waals surface area contributed by atoms with E-state index in [4.69, 9.17) is 4.74 Å². The molecule has 0 aliphatic rings. The Morgan fingerprint density at radius 3 is 2.82 bits per heavy atom. The topological polar surface area (TPSA) is 76.1 Å². The van der Waals surface area contributed by atoms with Crippen LogP contribution in [-0.2, 0) is 7.05 Å². The summed E-state index contributed by atoms with van der Waals surface area (Å²) in [5.41, 5.74) is 1.58. The number of aryl methyl sites for hydroxylation is 1. The Morgan fingerprint density at radius 1 is 1.27 bits per heavy atom. The first kappa shape index (κ1) is 13.9. The van der Waals surface area contributed by atoms with Crippen LogP contribution in [0.1, 0.15) is 10.5 Å². The lowest BCUT2D eigenvalue weighted by atomic mass is 10.2. The summed E-state index contributed by atoms with van der Waals surface area (Å²) in [6.45, 7) is 0. The molecule has 2 aromatic heterocycles. The lowest BCUT2D eigenvalue weighted by molar-refractivity contribution is 0.102. The van der Waals surface area contributed by atoms with Crippen molar-refractivity contribution in [3.63, 3.8) is 0 Å². The predicted molar refractivity (Wildman–Crippen MR) is 84.5 cm³/mol. The average Bonchev–Trinajstić information content (AvgIpc) is 2.88. The minimum absolute atomic E-state index is 0.169. The van der Waals surface area contributed by atoms with E-state index in [2.05, 4.69) is 10.3 Å². The normalized spacial score (nSPS) is 10.6. The number of fused-ring (bicyclic) bond motifs is 1. The molecule has 0 unspecified atom stereocenters. The molecule has 112 valence electrons. The molecule has 22 heavy (non-hydrogen) atoms. The van der Waals surface area contributed by atoms with Gasteiger partial charge in [-0.15, -0.1) is 0 Å². The van der Waals surface area contributed by atoms with Crippen LogP contribution in [0.15, 0.2) is 47.5 Å². The van der Waals surface area contributed by atoms with Gasteiger partial charge in [0.2, 0.25) is 5.43 Å². The molecular weight excluding hydrogens is 282 g/mol. The zero-order valence-electron chi connectivity index (χ0n) is 12.2. The molecule has 0 saturated carbocycles. The average molecular weight is 297 g/mol.